The van der Waals surface area contributed by atoms with E-state index in [9.17, 15) is 0 Å². The van der Waals surface area contributed by atoms with Gasteiger partial charge in [-0.15, -0.1) is 0 Å². The lowest BCUT2D eigenvalue weighted by molar-refractivity contribution is 0.310. The molecule has 0 aliphatic rings. The summed E-state index contributed by atoms with van der Waals surface area (Å²) in [5.41, 5.74) is 5.90. The van der Waals surface area contributed by atoms with Crippen LogP contribution in [0.5, 0.6) is 0 Å². The summed E-state index contributed by atoms with van der Waals surface area (Å²) < 4.78 is 0. The highest BCUT2D eigenvalue weighted by Gasteiger charge is 1.68. The van der Waals surface area contributed by atoms with E-state index in [0.717, 1.165) is 0 Å². The maximum absolute atomic E-state index is 8.11. The molecule has 3 heteroatoms. The van der Waals surface area contributed by atoms with Gasteiger partial charge in [0.25, 0.3) is 0 Å². The van der Waals surface area contributed by atoms with Gasteiger partial charge in [0.2, 0.25) is 0 Å². The van der Waals surface area contributed by atoms with Gasteiger partial charge in [-0.1, -0.05) is 0 Å². The van der Waals surface area contributed by atoms with Crippen molar-refractivity contribution in [3.63, 3.8) is 0 Å². The third kappa shape index (κ3) is 5.17. The fourth-order valence-electron chi connectivity index (χ4n) is 0.217. The van der Waals surface area contributed by atoms with Crippen LogP contribution in [0.2, 0.25) is 0 Å². The molecular weight excluding hydrogens is 104 g/mol. The topological polar surface area (TPSA) is 58.6 Å². The van der Waals surface area contributed by atoms with Gasteiger partial charge in [0.1, 0.15) is 6.73 Å². The minimum atomic E-state index is -0.177. The van der Waals surface area contributed by atoms with E-state index in [1.54, 1.807) is 13.0 Å². The van der Waals surface area contributed by atoms with E-state index >= 15 is 0 Å². The van der Waals surface area contributed by atoms with Gasteiger partial charge in [0.15, 0.2) is 0 Å². The number of nitrogens with two attached hydrogens (primary N) is 1. The molecule has 0 aromatic rings. The zero-order chi connectivity index (χ0) is 6.41. The minimum absolute atomic E-state index is 0.177. The summed E-state index contributed by atoms with van der Waals surface area (Å²) in [5.74, 6) is 0. The first-order valence-electron chi connectivity index (χ1n) is 2.30. The Morgan fingerprint density at radius 2 is 2.50 bits per heavy atom. The van der Waals surface area contributed by atoms with Crippen molar-refractivity contribution in [3.8, 4) is 0 Å². The predicted molar refractivity (Wildman–Crippen MR) is 33.5 cm³/mol. The van der Waals surface area contributed by atoms with Crippen LogP contribution < -0.4 is 5.73 Å². The SMILES string of the molecule is CC(N)=CC=NCO. The van der Waals surface area contributed by atoms with Gasteiger partial charge in [-0.25, -0.2) is 0 Å². The lowest BCUT2D eigenvalue weighted by atomic mass is 10.5. The highest BCUT2D eigenvalue weighted by atomic mass is 16.3. The number of hydrogen-bond acceptors (Lipinski definition) is 3. The van der Waals surface area contributed by atoms with Crippen molar-refractivity contribution in [1.82, 2.24) is 0 Å². The number of allylic oxidation sites excluding steroid dienone is 2. The van der Waals surface area contributed by atoms with Crippen molar-refractivity contribution < 1.29 is 5.11 Å². The molecule has 0 fully saturated rings. The maximum Gasteiger partial charge on any atom is 0.134 e. The summed E-state index contributed by atoms with van der Waals surface area (Å²) >= 11 is 0. The largest absolute Gasteiger partial charge is 0.402 e. The van der Waals surface area contributed by atoms with Crippen LogP contribution >= 0.6 is 0 Å². The summed E-state index contributed by atoms with van der Waals surface area (Å²) in [6.07, 6.45) is 3.09. The monoisotopic (exact) mass is 114 g/mol. The fourth-order valence-corrected chi connectivity index (χ4v) is 0.217. The number of aliphatic imine (C=N–C) groups is 1. The van der Waals surface area contributed by atoms with E-state index in [-0.39, 0.29) is 6.73 Å². The van der Waals surface area contributed by atoms with Crippen molar-refractivity contribution in [2.24, 2.45) is 10.7 Å². The Morgan fingerprint density at radius 3 is 2.88 bits per heavy atom. The molecule has 8 heavy (non-hydrogen) atoms. The molecule has 0 unspecified atom stereocenters. The Hall–Kier alpha value is -0.830. The summed E-state index contributed by atoms with van der Waals surface area (Å²) in [5, 5.41) is 8.11. The molecule has 0 bridgehead atoms. The van der Waals surface area contributed by atoms with Gasteiger partial charge in [-0.05, 0) is 13.0 Å². The van der Waals surface area contributed by atoms with Crippen molar-refractivity contribution in [1.29, 1.82) is 0 Å². The van der Waals surface area contributed by atoms with Gasteiger partial charge in [-0.3, -0.25) is 4.99 Å². The van der Waals surface area contributed by atoms with Crippen LogP contribution in [0.3, 0.4) is 0 Å². The van der Waals surface area contributed by atoms with Gasteiger partial charge in [-0.2, -0.15) is 0 Å². The first-order chi connectivity index (χ1) is 3.77. The molecule has 0 heterocycles. The highest BCUT2D eigenvalue weighted by Crippen LogP contribution is 1.73. The van der Waals surface area contributed by atoms with Crippen molar-refractivity contribution in [2.75, 3.05) is 6.73 Å². The van der Waals surface area contributed by atoms with Crippen LogP contribution in [-0.2, 0) is 0 Å². The van der Waals surface area contributed by atoms with E-state index in [0.29, 0.717) is 5.70 Å². The van der Waals surface area contributed by atoms with Gasteiger partial charge in [0, 0.05) is 11.9 Å². The Kier molecular flexibility index (Phi) is 3.88. The minimum Gasteiger partial charge on any atom is -0.402 e. The van der Waals surface area contributed by atoms with Crippen molar-refractivity contribution in [3.05, 3.63) is 11.8 Å². The van der Waals surface area contributed by atoms with Gasteiger partial charge >= 0.3 is 0 Å². The van der Waals surface area contributed by atoms with E-state index in [1.807, 2.05) is 0 Å². The normalized spacial score (nSPS) is 13.0. The molecule has 0 saturated carbocycles. The van der Waals surface area contributed by atoms with Crippen molar-refractivity contribution in [2.45, 2.75) is 6.92 Å². The zero-order valence-corrected chi connectivity index (χ0v) is 4.83. The molecule has 0 aromatic carbocycles. The summed E-state index contributed by atoms with van der Waals surface area (Å²) in [4.78, 5) is 3.49. The third-order valence-electron chi connectivity index (χ3n) is 0.524. The van der Waals surface area contributed by atoms with E-state index in [1.165, 1.54) is 6.21 Å². The second-order valence-corrected chi connectivity index (χ2v) is 1.38. The first-order valence-corrected chi connectivity index (χ1v) is 2.30. The van der Waals surface area contributed by atoms with Gasteiger partial charge < -0.3 is 10.8 Å². The summed E-state index contributed by atoms with van der Waals surface area (Å²) in [7, 11) is 0. The number of nitrogens with zero attached hydrogens (tertiary/aromatic N) is 1. The second kappa shape index (κ2) is 4.33. The van der Waals surface area contributed by atoms with E-state index in [2.05, 4.69) is 4.99 Å². The lowest BCUT2D eigenvalue weighted by Gasteiger charge is -1.81. The number of aliphatic hydroxyl groups excluding tert-OH is 1. The molecule has 0 spiro atoms. The Labute approximate surface area is 48.5 Å². The molecule has 0 rings (SSSR count). The molecule has 0 aliphatic heterocycles. The average Bonchev–Trinajstić information content (AvgIpc) is 1.66. The maximum atomic E-state index is 8.11. The molecule has 0 amide bonds. The Balaban J connectivity index is 3.42. The van der Waals surface area contributed by atoms with Crippen LogP contribution in [0.1, 0.15) is 6.92 Å². The molecule has 46 valence electrons. The van der Waals surface area contributed by atoms with Crippen LogP contribution in [0.4, 0.5) is 0 Å². The second-order valence-electron chi connectivity index (χ2n) is 1.38. The quantitative estimate of drug-likeness (QED) is 0.491. The standard InChI is InChI=1S/C5H10N2O/c1-5(6)2-3-7-4-8/h2-3,8H,4,6H2,1H3. The average molecular weight is 114 g/mol. The molecule has 3 N–H and O–H groups in total. The van der Waals surface area contributed by atoms with Gasteiger partial charge in [0.05, 0.1) is 0 Å². The molecule has 0 saturated heterocycles. The number of hydrogen-bond donors (Lipinski definition) is 2. The summed E-state index contributed by atoms with van der Waals surface area (Å²) in [6.45, 7) is 1.58. The molecule has 0 aliphatic carbocycles. The molecule has 0 radical (unpaired) electrons. The Bertz CT molecular complexity index is 103. The predicted octanol–water partition coefficient (Wildman–Crippen LogP) is -0.130. The zero-order valence-electron chi connectivity index (χ0n) is 4.83. The number of rotatable bonds is 2. The third-order valence-corrected chi connectivity index (χ3v) is 0.524. The van der Waals surface area contributed by atoms with Crippen molar-refractivity contribution >= 4 is 6.21 Å². The summed E-state index contributed by atoms with van der Waals surface area (Å²) in [6, 6.07) is 0. The van der Waals surface area contributed by atoms with E-state index < -0.39 is 0 Å². The molecular formula is C5H10N2O. The van der Waals surface area contributed by atoms with Crippen LogP contribution in [-0.4, -0.2) is 18.1 Å². The van der Waals surface area contributed by atoms with Crippen LogP contribution in [0, 0.1) is 0 Å². The lowest BCUT2D eigenvalue weighted by Crippen LogP contribution is -1.89. The molecule has 0 atom stereocenters. The molecule has 0 aromatic heterocycles. The fraction of sp³-hybridized carbons (Fsp3) is 0.400. The van der Waals surface area contributed by atoms with E-state index in [4.69, 9.17) is 10.8 Å². The number of aliphatic hydroxyl groups is 1. The molecule has 3 nitrogen and oxygen atoms in total. The Morgan fingerprint density at radius 1 is 1.88 bits per heavy atom. The highest BCUT2D eigenvalue weighted by molar-refractivity contribution is 5.71. The van der Waals surface area contributed by atoms with Crippen LogP contribution in [0.25, 0.3) is 0 Å². The first kappa shape index (κ1) is 7.17. The van der Waals surface area contributed by atoms with Crippen LogP contribution in [0.15, 0.2) is 16.8 Å². The smallest absolute Gasteiger partial charge is 0.134 e.